The predicted octanol–water partition coefficient (Wildman–Crippen LogP) is 4.67. The van der Waals surface area contributed by atoms with Gasteiger partial charge in [0.1, 0.15) is 0 Å². The zero-order valence-corrected chi connectivity index (χ0v) is 16.7. The molecule has 0 radical (unpaired) electrons. The normalized spacial score (nSPS) is 10.1. The molecule has 0 saturated heterocycles. The first-order valence-electron chi connectivity index (χ1n) is 4.07. The third-order valence-electron chi connectivity index (χ3n) is 1.71. The van der Waals surface area contributed by atoms with Crippen molar-refractivity contribution in [3.63, 3.8) is 0 Å². The van der Waals surface area contributed by atoms with E-state index in [4.69, 9.17) is 4.74 Å². The molecule has 1 aromatic rings. The lowest BCUT2D eigenvalue weighted by atomic mass is 10.2. The highest BCUT2D eigenvalue weighted by atomic mass is 127. The zero-order valence-electron chi connectivity index (χ0n) is 8.11. The number of hydrogen-bond acceptors (Lipinski definition) is 2. The Bertz CT molecular complexity index is 469. The number of ether oxygens (including phenoxy) is 1. The van der Waals surface area contributed by atoms with E-state index in [-0.39, 0.29) is 5.97 Å². The molecule has 0 aliphatic rings. The van der Waals surface area contributed by atoms with Crippen LogP contribution in [0.15, 0.2) is 6.58 Å². The molecule has 0 aromatic heterocycles. The van der Waals surface area contributed by atoms with E-state index in [1.54, 1.807) is 6.08 Å². The van der Waals surface area contributed by atoms with E-state index in [1.165, 1.54) is 6.92 Å². The average Bonchev–Trinajstić information content (AvgIpc) is 2.22. The van der Waals surface area contributed by atoms with E-state index in [0.29, 0.717) is 5.75 Å². The molecule has 0 fully saturated rings. The van der Waals surface area contributed by atoms with Crippen LogP contribution in [0.2, 0.25) is 0 Å². The summed E-state index contributed by atoms with van der Waals surface area (Å²) in [6.45, 7) is 5.20. The highest BCUT2D eigenvalue weighted by molar-refractivity contribution is 14.1. The molecular formula is C10H6I4O2. The lowest BCUT2D eigenvalue weighted by Crippen LogP contribution is -2.08. The highest BCUT2D eigenvalue weighted by Gasteiger charge is 2.19. The molecule has 6 heteroatoms. The zero-order chi connectivity index (χ0) is 12.5. The van der Waals surface area contributed by atoms with Gasteiger partial charge in [-0.1, -0.05) is 12.7 Å². The third kappa shape index (κ3) is 3.22. The summed E-state index contributed by atoms with van der Waals surface area (Å²) in [6.07, 6.45) is 1.79. The fraction of sp³-hybridized carbons (Fsp3) is 0.100. The van der Waals surface area contributed by atoms with Gasteiger partial charge in [0.25, 0.3) is 0 Å². The average molecular weight is 666 g/mol. The number of rotatable bonds is 2. The third-order valence-corrected chi connectivity index (χ3v) is 8.07. The van der Waals surface area contributed by atoms with Gasteiger partial charge in [0.15, 0.2) is 5.75 Å². The van der Waals surface area contributed by atoms with Gasteiger partial charge in [0.2, 0.25) is 0 Å². The first kappa shape index (κ1) is 15.4. The maximum absolute atomic E-state index is 11.1. The molecule has 0 bridgehead atoms. The van der Waals surface area contributed by atoms with E-state index in [2.05, 4.69) is 96.9 Å². The van der Waals surface area contributed by atoms with E-state index in [0.717, 1.165) is 19.8 Å². The quantitative estimate of drug-likeness (QED) is 0.151. The lowest BCUT2D eigenvalue weighted by molar-refractivity contribution is -0.132. The van der Waals surface area contributed by atoms with Gasteiger partial charge in [-0.25, -0.2) is 0 Å². The maximum Gasteiger partial charge on any atom is 0.308 e. The molecule has 0 N–H and O–H groups in total. The van der Waals surface area contributed by atoms with Gasteiger partial charge in [0.05, 0.1) is 7.14 Å². The Balaban J connectivity index is 3.54. The van der Waals surface area contributed by atoms with E-state index in [1.807, 2.05) is 0 Å². The summed E-state index contributed by atoms with van der Waals surface area (Å²) in [7, 11) is 0. The van der Waals surface area contributed by atoms with Gasteiger partial charge in [-0.05, 0) is 90.4 Å². The molecule has 0 spiro atoms. The van der Waals surface area contributed by atoms with E-state index < -0.39 is 0 Å². The Kier molecular flexibility index (Phi) is 6.26. The van der Waals surface area contributed by atoms with Crippen LogP contribution in [0.5, 0.6) is 5.75 Å². The molecule has 0 saturated carbocycles. The van der Waals surface area contributed by atoms with Crippen molar-refractivity contribution in [1.29, 1.82) is 0 Å². The van der Waals surface area contributed by atoms with Crippen LogP contribution in [0.4, 0.5) is 0 Å². The van der Waals surface area contributed by atoms with Crippen LogP contribution in [-0.4, -0.2) is 5.97 Å². The SMILES string of the molecule is C=Cc1c(I)c(I)c(I)c(OC(C)=O)c1I. The number of carbonyl (C=O) groups is 1. The van der Waals surface area contributed by atoms with Crippen LogP contribution in [0.1, 0.15) is 12.5 Å². The molecule has 0 aliphatic heterocycles. The minimum absolute atomic E-state index is 0.303. The maximum atomic E-state index is 11.1. The second-order valence-electron chi connectivity index (χ2n) is 2.80. The minimum Gasteiger partial charge on any atom is -0.424 e. The summed E-state index contributed by atoms with van der Waals surface area (Å²) in [4.78, 5) is 11.1. The summed E-state index contributed by atoms with van der Waals surface area (Å²) >= 11 is 8.90. The molecule has 0 atom stereocenters. The minimum atomic E-state index is -0.303. The van der Waals surface area contributed by atoms with Crippen molar-refractivity contribution in [2.45, 2.75) is 6.92 Å². The first-order chi connectivity index (χ1) is 7.40. The summed E-state index contributed by atoms with van der Waals surface area (Å²) in [5.74, 6) is 0.330. The molecule has 16 heavy (non-hydrogen) atoms. The Morgan fingerprint density at radius 3 is 2.12 bits per heavy atom. The summed E-state index contributed by atoms with van der Waals surface area (Å²) < 4.78 is 9.36. The van der Waals surface area contributed by atoms with Crippen molar-refractivity contribution in [2.75, 3.05) is 0 Å². The van der Waals surface area contributed by atoms with Crippen molar-refractivity contribution in [3.05, 3.63) is 26.4 Å². The molecule has 2 nitrogen and oxygen atoms in total. The summed E-state index contributed by atoms with van der Waals surface area (Å²) in [5.41, 5.74) is 1.02. The molecule has 1 aromatic carbocycles. The van der Waals surface area contributed by atoms with Crippen LogP contribution >= 0.6 is 90.4 Å². The highest BCUT2D eigenvalue weighted by Crippen LogP contribution is 2.38. The van der Waals surface area contributed by atoms with Crippen molar-refractivity contribution in [1.82, 2.24) is 0 Å². The monoisotopic (exact) mass is 666 g/mol. The van der Waals surface area contributed by atoms with Crippen molar-refractivity contribution in [3.8, 4) is 5.75 Å². The van der Waals surface area contributed by atoms with Crippen LogP contribution < -0.4 is 4.74 Å². The molecule has 0 amide bonds. The molecule has 86 valence electrons. The predicted molar refractivity (Wildman–Crippen MR) is 98.7 cm³/mol. The largest absolute Gasteiger partial charge is 0.424 e. The molecule has 0 heterocycles. The van der Waals surface area contributed by atoms with Gasteiger partial charge < -0.3 is 4.74 Å². The number of hydrogen-bond donors (Lipinski definition) is 0. The molecular weight excluding hydrogens is 660 g/mol. The van der Waals surface area contributed by atoms with E-state index >= 15 is 0 Å². The van der Waals surface area contributed by atoms with Gasteiger partial charge in [-0.15, -0.1) is 0 Å². The second kappa shape index (κ2) is 6.50. The first-order valence-corrected chi connectivity index (χ1v) is 8.38. The number of benzene rings is 1. The van der Waals surface area contributed by atoms with Gasteiger partial charge in [-0.3, -0.25) is 4.79 Å². The fourth-order valence-electron chi connectivity index (χ4n) is 1.04. The van der Waals surface area contributed by atoms with Gasteiger partial charge in [-0.2, -0.15) is 0 Å². The van der Waals surface area contributed by atoms with Crippen LogP contribution in [-0.2, 0) is 4.79 Å². The van der Waals surface area contributed by atoms with Crippen LogP contribution in [0, 0.1) is 14.3 Å². The Labute approximate surface area is 149 Å². The van der Waals surface area contributed by atoms with E-state index in [9.17, 15) is 4.79 Å². The lowest BCUT2D eigenvalue weighted by Gasteiger charge is -2.13. The van der Waals surface area contributed by atoms with Gasteiger partial charge >= 0.3 is 5.97 Å². The number of esters is 1. The topological polar surface area (TPSA) is 26.3 Å². The van der Waals surface area contributed by atoms with Crippen molar-refractivity contribution in [2.24, 2.45) is 0 Å². The molecule has 1 rings (SSSR count). The van der Waals surface area contributed by atoms with Crippen molar-refractivity contribution >= 4 is 102 Å². The second-order valence-corrected chi connectivity index (χ2v) is 7.11. The van der Waals surface area contributed by atoms with Gasteiger partial charge in [0, 0.05) is 19.6 Å². The summed E-state index contributed by atoms with van der Waals surface area (Å²) in [5, 5.41) is 0. The Hall–Kier alpha value is 1.35. The molecule has 0 unspecified atom stereocenters. The fourth-order valence-corrected chi connectivity index (χ4v) is 5.40. The number of halogens is 4. The van der Waals surface area contributed by atoms with Crippen LogP contribution in [0.3, 0.4) is 0 Å². The van der Waals surface area contributed by atoms with Crippen LogP contribution in [0.25, 0.3) is 6.08 Å². The molecule has 0 aliphatic carbocycles. The smallest absolute Gasteiger partial charge is 0.308 e. The number of carbonyl (C=O) groups excluding carboxylic acids is 1. The van der Waals surface area contributed by atoms with Crippen molar-refractivity contribution < 1.29 is 9.53 Å². The summed E-state index contributed by atoms with van der Waals surface area (Å²) in [6, 6.07) is 0. The standard InChI is InChI=1S/C10H6I4O2/c1-3-5-6(11)8(13)9(14)10(7(5)12)16-4(2)15/h3H,1H2,2H3. The Morgan fingerprint density at radius 2 is 1.69 bits per heavy atom. The Morgan fingerprint density at radius 1 is 1.12 bits per heavy atom.